The Labute approximate surface area is 104 Å². The van der Waals surface area contributed by atoms with Crippen molar-refractivity contribution >= 4 is 17.7 Å². The fourth-order valence-corrected chi connectivity index (χ4v) is 2.43. The zero-order valence-corrected chi connectivity index (χ0v) is 10.2. The van der Waals surface area contributed by atoms with Gasteiger partial charge in [0.05, 0.1) is 5.56 Å². The summed E-state index contributed by atoms with van der Waals surface area (Å²) in [4.78, 5) is 12.2. The topological polar surface area (TPSA) is 37.3 Å². The van der Waals surface area contributed by atoms with Crippen LogP contribution in [0.2, 0.25) is 0 Å². The van der Waals surface area contributed by atoms with Gasteiger partial charge in [0.15, 0.2) is 0 Å². The number of benzene rings is 2. The van der Waals surface area contributed by atoms with Crippen LogP contribution in [0.15, 0.2) is 53.4 Å². The number of carboxylic acid groups (broad SMARTS) is 1. The van der Waals surface area contributed by atoms with E-state index >= 15 is 0 Å². The molecule has 2 aromatic carbocycles. The summed E-state index contributed by atoms with van der Waals surface area (Å²) in [7, 11) is 0. The van der Waals surface area contributed by atoms with E-state index in [9.17, 15) is 9.90 Å². The van der Waals surface area contributed by atoms with Gasteiger partial charge < -0.3 is 5.11 Å². The summed E-state index contributed by atoms with van der Waals surface area (Å²) in [5.41, 5.74) is 2.09. The van der Waals surface area contributed by atoms with Crippen LogP contribution in [-0.2, 0) is 0 Å². The molecule has 0 fully saturated rings. The molecule has 0 heterocycles. The van der Waals surface area contributed by atoms with Gasteiger partial charge in [-0.2, -0.15) is 0 Å². The Morgan fingerprint density at radius 3 is 2.35 bits per heavy atom. The Morgan fingerprint density at radius 1 is 1.06 bits per heavy atom. The minimum absolute atomic E-state index is 0.350. The van der Waals surface area contributed by atoms with E-state index in [0.717, 1.165) is 16.0 Å². The molecule has 2 nitrogen and oxygen atoms in total. The van der Waals surface area contributed by atoms with Crippen molar-refractivity contribution in [1.82, 2.24) is 0 Å². The normalized spacial score (nSPS) is 10.2. The second kappa shape index (κ2) is 5.06. The van der Waals surface area contributed by atoms with Crippen LogP contribution in [0.4, 0.5) is 0 Å². The minimum Gasteiger partial charge on any atom is -0.478 e. The van der Waals surface area contributed by atoms with E-state index < -0.39 is 5.97 Å². The molecule has 0 aliphatic rings. The van der Waals surface area contributed by atoms with Crippen LogP contribution in [0.25, 0.3) is 11.1 Å². The Hall–Kier alpha value is -1.74. The predicted octanol–water partition coefficient (Wildman–Crippen LogP) is 3.77. The summed E-state index contributed by atoms with van der Waals surface area (Å²) >= 11 is 1.56. The van der Waals surface area contributed by atoms with Gasteiger partial charge in [-0.25, -0.2) is 4.79 Å². The Balaban J connectivity index is 2.69. The molecule has 0 amide bonds. The predicted molar refractivity (Wildman–Crippen MR) is 70.6 cm³/mol. The van der Waals surface area contributed by atoms with Crippen LogP contribution in [0.1, 0.15) is 10.4 Å². The second-order valence-electron chi connectivity index (χ2n) is 3.55. The van der Waals surface area contributed by atoms with Gasteiger partial charge in [-0.05, 0) is 24.0 Å². The molecule has 0 spiro atoms. The SMILES string of the molecule is CSc1cccc(C(=O)O)c1-c1ccccc1. The first-order valence-electron chi connectivity index (χ1n) is 5.19. The van der Waals surface area contributed by atoms with Crippen molar-refractivity contribution < 1.29 is 9.90 Å². The van der Waals surface area contributed by atoms with Crippen molar-refractivity contribution in [2.24, 2.45) is 0 Å². The summed E-state index contributed by atoms with van der Waals surface area (Å²) in [5.74, 6) is -0.889. The van der Waals surface area contributed by atoms with Crippen molar-refractivity contribution in [2.45, 2.75) is 4.90 Å². The summed E-state index contributed by atoms with van der Waals surface area (Å²) in [6, 6.07) is 15.0. The van der Waals surface area contributed by atoms with Crippen molar-refractivity contribution in [3.63, 3.8) is 0 Å². The molecule has 17 heavy (non-hydrogen) atoms. The molecule has 3 heteroatoms. The van der Waals surface area contributed by atoms with Crippen molar-refractivity contribution in [1.29, 1.82) is 0 Å². The number of aromatic carboxylic acids is 1. The van der Waals surface area contributed by atoms with E-state index in [2.05, 4.69) is 0 Å². The highest BCUT2D eigenvalue weighted by Crippen LogP contribution is 2.33. The molecule has 0 aliphatic carbocycles. The Morgan fingerprint density at radius 2 is 1.76 bits per heavy atom. The van der Waals surface area contributed by atoms with E-state index in [-0.39, 0.29) is 0 Å². The molecule has 2 rings (SSSR count). The Kier molecular flexibility index (Phi) is 3.49. The van der Waals surface area contributed by atoms with E-state index in [4.69, 9.17) is 0 Å². The smallest absolute Gasteiger partial charge is 0.336 e. The van der Waals surface area contributed by atoms with Gasteiger partial charge >= 0.3 is 5.97 Å². The number of carboxylic acids is 1. The average Bonchev–Trinajstić information content (AvgIpc) is 2.38. The standard InChI is InChI=1S/C14H12O2S/c1-17-12-9-5-8-11(14(15)16)13(12)10-6-3-2-4-7-10/h2-9H,1H3,(H,15,16). The van der Waals surface area contributed by atoms with Gasteiger partial charge in [0.25, 0.3) is 0 Å². The molecule has 0 bridgehead atoms. The molecule has 0 saturated heterocycles. The lowest BCUT2D eigenvalue weighted by atomic mass is 10.00. The number of rotatable bonds is 3. The maximum Gasteiger partial charge on any atom is 0.336 e. The summed E-state index contributed by atoms with van der Waals surface area (Å²) in [5, 5.41) is 9.24. The third-order valence-electron chi connectivity index (χ3n) is 2.54. The second-order valence-corrected chi connectivity index (χ2v) is 4.40. The highest BCUT2D eigenvalue weighted by Gasteiger charge is 2.14. The maximum atomic E-state index is 11.3. The van der Waals surface area contributed by atoms with Crippen LogP contribution < -0.4 is 0 Å². The first-order valence-corrected chi connectivity index (χ1v) is 6.42. The molecule has 0 aromatic heterocycles. The lowest BCUT2D eigenvalue weighted by Crippen LogP contribution is -2.00. The van der Waals surface area contributed by atoms with Gasteiger partial charge in [0.2, 0.25) is 0 Å². The Bertz CT molecular complexity index is 535. The fraction of sp³-hybridized carbons (Fsp3) is 0.0714. The van der Waals surface area contributed by atoms with Crippen molar-refractivity contribution in [3.05, 3.63) is 54.1 Å². The third kappa shape index (κ3) is 2.34. The van der Waals surface area contributed by atoms with Crippen LogP contribution >= 0.6 is 11.8 Å². The van der Waals surface area contributed by atoms with E-state index in [1.807, 2.05) is 42.7 Å². The van der Waals surface area contributed by atoms with Gasteiger partial charge in [0, 0.05) is 10.5 Å². The molecule has 86 valence electrons. The quantitative estimate of drug-likeness (QED) is 0.835. The van der Waals surface area contributed by atoms with Crippen LogP contribution in [0.5, 0.6) is 0 Å². The molecule has 1 N–H and O–H groups in total. The maximum absolute atomic E-state index is 11.3. The molecular formula is C14H12O2S. The summed E-state index contributed by atoms with van der Waals surface area (Å²) < 4.78 is 0. The fourth-order valence-electron chi connectivity index (χ4n) is 1.78. The number of hydrogen-bond donors (Lipinski definition) is 1. The van der Waals surface area contributed by atoms with Gasteiger partial charge in [-0.3, -0.25) is 0 Å². The monoisotopic (exact) mass is 244 g/mol. The largest absolute Gasteiger partial charge is 0.478 e. The highest BCUT2D eigenvalue weighted by atomic mass is 32.2. The third-order valence-corrected chi connectivity index (χ3v) is 3.32. The lowest BCUT2D eigenvalue weighted by molar-refractivity contribution is 0.0697. The molecule has 0 radical (unpaired) electrons. The summed E-state index contributed by atoms with van der Waals surface area (Å²) in [6.45, 7) is 0. The van der Waals surface area contributed by atoms with E-state index in [1.54, 1.807) is 23.9 Å². The molecule has 0 saturated carbocycles. The molecule has 2 aromatic rings. The molecule has 0 aliphatic heterocycles. The summed E-state index contributed by atoms with van der Waals surface area (Å²) in [6.07, 6.45) is 1.95. The number of carbonyl (C=O) groups is 1. The van der Waals surface area contributed by atoms with Crippen molar-refractivity contribution in [2.75, 3.05) is 6.26 Å². The van der Waals surface area contributed by atoms with Gasteiger partial charge in [-0.15, -0.1) is 11.8 Å². The van der Waals surface area contributed by atoms with Gasteiger partial charge in [-0.1, -0.05) is 36.4 Å². The van der Waals surface area contributed by atoms with Crippen LogP contribution in [0.3, 0.4) is 0 Å². The van der Waals surface area contributed by atoms with Crippen molar-refractivity contribution in [3.8, 4) is 11.1 Å². The first-order chi connectivity index (χ1) is 8.24. The molecule has 0 atom stereocenters. The zero-order chi connectivity index (χ0) is 12.3. The first kappa shape index (κ1) is 11.7. The molecular weight excluding hydrogens is 232 g/mol. The number of thioether (sulfide) groups is 1. The average molecular weight is 244 g/mol. The van der Waals surface area contributed by atoms with Crippen LogP contribution in [-0.4, -0.2) is 17.3 Å². The number of hydrogen-bond acceptors (Lipinski definition) is 2. The van der Waals surface area contributed by atoms with E-state index in [1.165, 1.54) is 0 Å². The van der Waals surface area contributed by atoms with E-state index in [0.29, 0.717) is 5.56 Å². The van der Waals surface area contributed by atoms with Crippen LogP contribution in [0, 0.1) is 0 Å². The van der Waals surface area contributed by atoms with Gasteiger partial charge in [0.1, 0.15) is 0 Å². The molecule has 0 unspecified atom stereocenters. The lowest BCUT2D eigenvalue weighted by Gasteiger charge is -2.10. The minimum atomic E-state index is -0.889. The zero-order valence-electron chi connectivity index (χ0n) is 9.38. The highest BCUT2D eigenvalue weighted by molar-refractivity contribution is 7.98.